The Labute approximate surface area is 127 Å². The van der Waals surface area contributed by atoms with Gasteiger partial charge in [-0.3, -0.25) is 0 Å². The zero-order valence-electron chi connectivity index (χ0n) is 11.7. The van der Waals surface area contributed by atoms with Crippen LogP contribution in [0.2, 0.25) is 0 Å². The Bertz CT molecular complexity index is 566. The van der Waals surface area contributed by atoms with Gasteiger partial charge in [0.25, 0.3) is 0 Å². The second-order valence-electron chi connectivity index (χ2n) is 5.08. The van der Waals surface area contributed by atoms with Crippen LogP contribution in [-0.4, -0.2) is 22.6 Å². The molecule has 1 heterocycles. The van der Waals surface area contributed by atoms with E-state index in [1.807, 2.05) is 0 Å². The van der Waals surface area contributed by atoms with Gasteiger partial charge in [0.1, 0.15) is 11.6 Å². The van der Waals surface area contributed by atoms with Gasteiger partial charge >= 0.3 is 0 Å². The Hall–Kier alpha value is -1.20. The maximum absolute atomic E-state index is 13.2. The highest BCUT2D eigenvalue weighted by Gasteiger charge is 2.06. The van der Waals surface area contributed by atoms with Crippen molar-refractivity contribution in [1.29, 1.82) is 0 Å². The lowest BCUT2D eigenvalue weighted by atomic mass is 10.2. The summed E-state index contributed by atoms with van der Waals surface area (Å²) in [6.07, 6.45) is 3.74. The molecule has 1 aromatic carbocycles. The standard InChI is InChI=1S/C15H19BrFN3/c1-10(2)18-7-3-4-15-19-9-14(20-15)11-5-6-13(17)12(16)8-11/h5-6,8-10,18H,3-4,7H2,1-2H3,(H,19,20). The van der Waals surface area contributed by atoms with Gasteiger partial charge in [-0.25, -0.2) is 9.37 Å². The molecule has 0 fully saturated rings. The Morgan fingerprint density at radius 2 is 2.20 bits per heavy atom. The minimum Gasteiger partial charge on any atom is -0.342 e. The molecule has 1 aromatic heterocycles. The van der Waals surface area contributed by atoms with E-state index in [0.717, 1.165) is 36.5 Å². The second kappa shape index (κ2) is 6.99. The molecule has 0 saturated carbocycles. The number of rotatable bonds is 6. The van der Waals surface area contributed by atoms with Gasteiger partial charge in [0, 0.05) is 18.0 Å². The normalized spacial score (nSPS) is 11.2. The summed E-state index contributed by atoms with van der Waals surface area (Å²) >= 11 is 3.20. The SMILES string of the molecule is CC(C)NCCCc1ncc(-c2ccc(F)c(Br)c2)[nH]1. The summed E-state index contributed by atoms with van der Waals surface area (Å²) in [6.45, 7) is 5.25. The summed E-state index contributed by atoms with van der Waals surface area (Å²) in [7, 11) is 0. The van der Waals surface area contributed by atoms with Gasteiger partial charge in [0.2, 0.25) is 0 Å². The van der Waals surface area contributed by atoms with Gasteiger partial charge in [0.05, 0.1) is 16.4 Å². The van der Waals surface area contributed by atoms with Gasteiger partial charge in [0.15, 0.2) is 0 Å². The summed E-state index contributed by atoms with van der Waals surface area (Å²) in [6, 6.07) is 5.47. The van der Waals surface area contributed by atoms with Crippen molar-refractivity contribution in [3.63, 3.8) is 0 Å². The maximum atomic E-state index is 13.2. The number of aromatic nitrogens is 2. The zero-order chi connectivity index (χ0) is 14.5. The largest absolute Gasteiger partial charge is 0.342 e. The molecule has 0 aliphatic carbocycles. The highest BCUT2D eigenvalue weighted by Crippen LogP contribution is 2.24. The number of aromatic amines is 1. The number of H-pyrrole nitrogens is 1. The summed E-state index contributed by atoms with van der Waals surface area (Å²) < 4.78 is 13.7. The predicted octanol–water partition coefficient (Wildman–Crippen LogP) is 3.91. The van der Waals surface area contributed by atoms with E-state index in [9.17, 15) is 4.39 Å². The number of halogens is 2. The van der Waals surface area contributed by atoms with Crippen molar-refractivity contribution in [2.45, 2.75) is 32.7 Å². The van der Waals surface area contributed by atoms with Crippen LogP contribution in [0.25, 0.3) is 11.3 Å². The van der Waals surface area contributed by atoms with Crippen molar-refractivity contribution in [3.05, 3.63) is 40.5 Å². The molecule has 0 radical (unpaired) electrons. The number of aryl methyl sites for hydroxylation is 1. The quantitative estimate of drug-likeness (QED) is 0.783. The van der Waals surface area contributed by atoms with Crippen molar-refractivity contribution in [2.24, 2.45) is 0 Å². The van der Waals surface area contributed by atoms with Crippen molar-refractivity contribution < 1.29 is 4.39 Å². The Kier molecular flexibility index (Phi) is 5.31. The van der Waals surface area contributed by atoms with Crippen LogP contribution in [0.3, 0.4) is 0 Å². The molecule has 3 nitrogen and oxygen atoms in total. The average Bonchev–Trinajstić information content (AvgIpc) is 2.86. The van der Waals surface area contributed by atoms with Crippen molar-refractivity contribution in [3.8, 4) is 11.3 Å². The fourth-order valence-electron chi connectivity index (χ4n) is 1.95. The summed E-state index contributed by atoms with van der Waals surface area (Å²) in [4.78, 5) is 7.65. The van der Waals surface area contributed by atoms with E-state index in [0.29, 0.717) is 10.5 Å². The number of benzene rings is 1. The van der Waals surface area contributed by atoms with E-state index in [4.69, 9.17) is 0 Å². The van der Waals surface area contributed by atoms with E-state index < -0.39 is 0 Å². The fraction of sp³-hybridized carbons (Fsp3) is 0.400. The number of nitrogens with zero attached hydrogens (tertiary/aromatic N) is 1. The molecule has 0 bridgehead atoms. The second-order valence-corrected chi connectivity index (χ2v) is 5.94. The Morgan fingerprint density at radius 3 is 2.90 bits per heavy atom. The Balaban J connectivity index is 1.96. The molecule has 5 heteroatoms. The summed E-state index contributed by atoms with van der Waals surface area (Å²) in [5.74, 6) is 0.708. The van der Waals surface area contributed by atoms with Gasteiger partial charge in [-0.2, -0.15) is 0 Å². The van der Waals surface area contributed by atoms with Crippen molar-refractivity contribution in [2.75, 3.05) is 6.54 Å². The molecule has 0 saturated heterocycles. The van der Waals surface area contributed by atoms with Crippen LogP contribution < -0.4 is 5.32 Å². The molecule has 2 N–H and O–H groups in total. The van der Waals surface area contributed by atoms with Crippen LogP contribution in [0.15, 0.2) is 28.9 Å². The fourth-order valence-corrected chi connectivity index (χ4v) is 2.33. The third-order valence-corrected chi connectivity index (χ3v) is 3.61. The molecule has 0 atom stereocenters. The van der Waals surface area contributed by atoms with Gasteiger partial charge in [-0.15, -0.1) is 0 Å². The van der Waals surface area contributed by atoms with Crippen LogP contribution >= 0.6 is 15.9 Å². The van der Waals surface area contributed by atoms with Crippen molar-refractivity contribution in [1.82, 2.24) is 15.3 Å². The first-order chi connectivity index (χ1) is 9.56. The average molecular weight is 340 g/mol. The number of hydrogen-bond donors (Lipinski definition) is 2. The molecular weight excluding hydrogens is 321 g/mol. The molecule has 2 rings (SSSR count). The molecule has 108 valence electrons. The lowest BCUT2D eigenvalue weighted by molar-refractivity contribution is 0.567. The topological polar surface area (TPSA) is 40.7 Å². The first-order valence-electron chi connectivity index (χ1n) is 6.79. The minimum atomic E-state index is -0.256. The predicted molar refractivity (Wildman–Crippen MR) is 83.1 cm³/mol. The molecule has 0 unspecified atom stereocenters. The molecule has 0 aliphatic rings. The van der Waals surface area contributed by atoms with E-state index in [2.05, 4.69) is 45.1 Å². The van der Waals surface area contributed by atoms with E-state index >= 15 is 0 Å². The van der Waals surface area contributed by atoms with E-state index in [1.165, 1.54) is 6.07 Å². The van der Waals surface area contributed by atoms with E-state index in [-0.39, 0.29) is 5.82 Å². The minimum absolute atomic E-state index is 0.256. The lowest BCUT2D eigenvalue weighted by Crippen LogP contribution is -2.24. The first-order valence-corrected chi connectivity index (χ1v) is 7.58. The highest BCUT2D eigenvalue weighted by molar-refractivity contribution is 9.10. The number of hydrogen-bond acceptors (Lipinski definition) is 2. The summed E-state index contributed by atoms with van der Waals surface area (Å²) in [5, 5.41) is 3.38. The number of nitrogens with one attached hydrogen (secondary N) is 2. The van der Waals surface area contributed by atoms with Gasteiger partial charge in [-0.05, 0) is 47.1 Å². The molecule has 20 heavy (non-hydrogen) atoms. The Morgan fingerprint density at radius 1 is 1.40 bits per heavy atom. The smallest absolute Gasteiger partial charge is 0.137 e. The third kappa shape index (κ3) is 4.15. The molecule has 0 spiro atoms. The van der Waals surface area contributed by atoms with Crippen LogP contribution in [0, 0.1) is 5.82 Å². The third-order valence-electron chi connectivity index (χ3n) is 3.00. The van der Waals surface area contributed by atoms with Gasteiger partial charge < -0.3 is 10.3 Å². The zero-order valence-corrected chi connectivity index (χ0v) is 13.3. The van der Waals surface area contributed by atoms with Crippen molar-refractivity contribution >= 4 is 15.9 Å². The molecule has 2 aromatic rings. The van der Waals surface area contributed by atoms with Crippen LogP contribution in [0.4, 0.5) is 4.39 Å². The van der Waals surface area contributed by atoms with Crippen LogP contribution in [0.5, 0.6) is 0 Å². The maximum Gasteiger partial charge on any atom is 0.137 e. The first kappa shape index (κ1) is 15.2. The molecule has 0 amide bonds. The number of imidazole rings is 1. The lowest BCUT2D eigenvalue weighted by Gasteiger charge is -2.06. The van der Waals surface area contributed by atoms with Crippen LogP contribution in [0.1, 0.15) is 26.1 Å². The summed E-state index contributed by atoms with van der Waals surface area (Å²) in [5.41, 5.74) is 1.84. The van der Waals surface area contributed by atoms with Gasteiger partial charge in [-0.1, -0.05) is 13.8 Å². The van der Waals surface area contributed by atoms with Crippen LogP contribution in [-0.2, 0) is 6.42 Å². The van der Waals surface area contributed by atoms with E-state index in [1.54, 1.807) is 18.3 Å². The monoisotopic (exact) mass is 339 g/mol. The molecule has 0 aliphatic heterocycles. The highest BCUT2D eigenvalue weighted by atomic mass is 79.9. The molecular formula is C15H19BrFN3.